The maximum Gasteiger partial charge on any atom is 0.122 e. The van der Waals surface area contributed by atoms with Gasteiger partial charge in [0.2, 0.25) is 0 Å². The first kappa shape index (κ1) is 13.0. The molecule has 0 bridgehead atoms. The predicted octanol–water partition coefficient (Wildman–Crippen LogP) is 4.25. The quantitative estimate of drug-likeness (QED) is 0.828. The van der Waals surface area contributed by atoms with Crippen LogP contribution in [-0.4, -0.2) is 13.2 Å². The van der Waals surface area contributed by atoms with E-state index in [1.165, 1.54) is 16.7 Å². The zero-order chi connectivity index (χ0) is 13.9. The number of aryl methyl sites for hydroxylation is 1. The second-order valence-corrected chi connectivity index (χ2v) is 5.38. The lowest BCUT2D eigenvalue weighted by Crippen LogP contribution is -2.19. The van der Waals surface area contributed by atoms with Gasteiger partial charge < -0.3 is 9.47 Å². The van der Waals surface area contributed by atoms with Crippen molar-refractivity contribution in [2.45, 2.75) is 26.2 Å². The van der Waals surface area contributed by atoms with Crippen LogP contribution in [0.3, 0.4) is 0 Å². The Kier molecular flexibility index (Phi) is 3.64. The molecule has 0 radical (unpaired) electrons. The van der Waals surface area contributed by atoms with E-state index >= 15 is 0 Å². The Morgan fingerprint density at radius 2 is 1.95 bits per heavy atom. The molecule has 104 valence electrons. The number of ether oxygens (including phenoxy) is 2. The summed E-state index contributed by atoms with van der Waals surface area (Å²) in [6.45, 7) is 5.72. The molecule has 20 heavy (non-hydrogen) atoms. The van der Waals surface area contributed by atoms with Crippen LogP contribution in [0.1, 0.15) is 29.0 Å². The Morgan fingerprint density at radius 1 is 1.10 bits per heavy atom. The molecule has 2 aromatic rings. The minimum absolute atomic E-state index is 0.417. The summed E-state index contributed by atoms with van der Waals surface area (Å²) >= 11 is 0. The molecule has 0 saturated carbocycles. The molecule has 0 spiro atoms. The molecule has 3 rings (SSSR count). The van der Waals surface area contributed by atoms with Crippen molar-refractivity contribution in [3.8, 4) is 11.5 Å². The van der Waals surface area contributed by atoms with Gasteiger partial charge in [-0.2, -0.15) is 0 Å². The van der Waals surface area contributed by atoms with Gasteiger partial charge in [-0.25, -0.2) is 0 Å². The monoisotopic (exact) mass is 268 g/mol. The first-order valence-electron chi connectivity index (χ1n) is 7.16. The van der Waals surface area contributed by atoms with E-state index in [2.05, 4.69) is 38.1 Å². The molecule has 1 aliphatic heterocycles. The van der Waals surface area contributed by atoms with Crippen molar-refractivity contribution < 1.29 is 9.47 Å². The molecular weight excluding hydrogens is 248 g/mol. The van der Waals surface area contributed by atoms with Crippen LogP contribution in [0.2, 0.25) is 0 Å². The zero-order valence-corrected chi connectivity index (χ0v) is 12.1. The van der Waals surface area contributed by atoms with Crippen LogP contribution in [0.4, 0.5) is 0 Å². The van der Waals surface area contributed by atoms with E-state index in [-0.39, 0.29) is 0 Å². The van der Waals surface area contributed by atoms with Crippen molar-refractivity contribution in [2.24, 2.45) is 0 Å². The molecule has 0 aliphatic carbocycles. The molecule has 0 aromatic heterocycles. The summed E-state index contributed by atoms with van der Waals surface area (Å²) < 4.78 is 11.8. The van der Waals surface area contributed by atoms with Crippen LogP contribution in [0.15, 0.2) is 42.5 Å². The van der Waals surface area contributed by atoms with E-state index < -0.39 is 0 Å². The summed E-state index contributed by atoms with van der Waals surface area (Å²) in [7, 11) is 0. The molecule has 2 nitrogen and oxygen atoms in total. The van der Waals surface area contributed by atoms with Gasteiger partial charge >= 0.3 is 0 Å². The van der Waals surface area contributed by atoms with E-state index in [0.717, 1.165) is 24.5 Å². The summed E-state index contributed by atoms with van der Waals surface area (Å²) in [5.74, 6) is 2.42. The second-order valence-electron chi connectivity index (χ2n) is 5.38. The third-order valence-electron chi connectivity index (χ3n) is 4.08. The van der Waals surface area contributed by atoms with Gasteiger partial charge in [0, 0.05) is 11.5 Å². The van der Waals surface area contributed by atoms with Crippen LogP contribution >= 0.6 is 0 Å². The van der Waals surface area contributed by atoms with Gasteiger partial charge in [0.05, 0.1) is 13.2 Å². The summed E-state index contributed by atoms with van der Waals surface area (Å²) in [6, 6.07) is 14.5. The zero-order valence-electron chi connectivity index (χ0n) is 12.1. The molecule has 0 fully saturated rings. The van der Waals surface area contributed by atoms with E-state index in [0.29, 0.717) is 12.5 Å². The molecule has 2 heteroatoms. The van der Waals surface area contributed by atoms with Gasteiger partial charge in [0.15, 0.2) is 0 Å². The average Bonchev–Trinajstić information content (AvgIpc) is 2.49. The van der Waals surface area contributed by atoms with Gasteiger partial charge in [-0.3, -0.25) is 0 Å². The SMILES string of the molecule is Cc1cccc(OCC2CCOc3ccccc32)c1C. The summed E-state index contributed by atoms with van der Waals surface area (Å²) in [5, 5.41) is 0. The number of rotatable bonds is 3. The highest BCUT2D eigenvalue weighted by Gasteiger charge is 2.21. The molecule has 1 aliphatic rings. The Morgan fingerprint density at radius 3 is 2.85 bits per heavy atom. The van der Waals surface area contributed by atoms with Gasteiger partial charge in [-0.05, 0) is 43.5 Å². The minimum Gasteiger partial charge on any atom is -0.493 e. The van der Waals surface area contributed by atoms with Crippen LogP contribution in [-0.2, 0) is 0 Å². The number of para-hydroxylation sites is 1. The van der Waals surface area contributed by atoms with E-state index in [1.807, 2.05) is 18.2 Å². The van der Waals surface area contributed by atoms with Gasteiger partial charge in [-0.1, -0.05) is 30.3 Å². The van der Waals surface area contributed by atoms with Crippen molar-refractivity contribution in [3.63, 3.8) is 0 Å². The van der Waals surface area contributed by atoms with Gasteiger partial charge in [-0.15, -0.1) is 0 Å². The van der Waals surface area contributed by atoms with Crippen molar-refractivity contribution in [2.75, 3.05) is 13.2 Å². The van der Waals surface area contributed by atoms with E-state index in [9.17, 15) is 0 Å². The van der Waals surface area contributed by atoms with Crippen molar-refractivity contribution in [1.82, 2.24) is 0 Å². The lowest BCUT2D eigenvalue weighted by atomic mass is 9.94. The van der Waals surface area contributed by atoms with Crippen molar-refractivity contribution in [1.29, 1.82) is 0 Å². The largest absolute Gasteiger partial charge is 0.493 e. The standard InChI is InChI=1S/C18H20O2/c1-13-6-5-9-17(14(13)2)20-12-15-10-11-19-18-8-4-3-7-16(15)18/h3-9,15H,10-12H2,1-2H3. The third-order valence-corrected chi connectivity index (χ3v) is 4.08. The highest BCUT2D eigenvalue weighted by molar-refractivity contribution is 5.40. The Labute approximate surface area is 120 Å². The molecule has 0 saturated heterocycles. The first-order valence-corrected chi connectivity index (χ1v) is 7.16. The minimum atomic E-state index is 0.417. The lowest BCUT2D eigenvalue weighted by Gasteiger charge is -2.26. The fourth-order valence-electron chi connectivity index (χ4n) is 2.66. The maximum atomic E-state index is 6.06. The summed E-state index contributed by atoms with van der Waals surface area (Å²) in [5.41, 5.74) is 3.77. The smallest absolute Gasteiger partial charge is 0.122 e. The van der Waals surface area contributed by atoms with Crippen LogP contribution in [0.25, 0.3) is 0 Å². The first-order chi connectivity index (χ1) is 9.75. The van der Waals surface area contributed by atoms with E-state index in [4.69, 9.17) is 9.47 Å². The van der Waals surface area contributed by atoms with Gasteiger partial charge in [0.1, 0.15) is 11.5 Å². The molecular formula is C18H20O2. The van der Waals surface area contributed by atoms with Crippen LogP contribution in [0, 0.1) is 13.8 Å². The molecule has 1 heterocycles. The van der Waals surface area contributed by atoms with E-state index in [1.54, 1.807) is 0 Å². The Bertz CT molecular complexity index is 604. The molecule has 2 aromatic carbocycles. The number of benzene rings is 2. The molecule has 0 N–H and O–H groups in total. The molecule has 1 atom stereocenters. The average molecular weight is 268 g/mol. The fraction of sp³-hybridized carbons (Fsp3) is 0.333. The highest BCUT2D eigenvalue weighted by atomic mass is 16.5. The molecule has 0 amide bonds. The lowest BCUT2D eigenvalue weighted by molar-refractivity contribution is 0.217. The number of fused-ring (bicyclic) bond motifs is 1. The second kappa shape index (κ2) is 5.58. The predicted molar refractivity (Wildman–Crippen MR) is 80.7 cm³/mol. The molecule has 1 unspecified atom stereocenters. The fourth-order valence-corrected chi connectivity index (χ4v) is 2.66. The highest BCUT2D eigenvalue weighted by Crippen LogP contribution is 2.34. The Hall–Kier alpha value is -1.96. The maximum absolute atomic E-state index is 6.06. The summed E-state index contributed by atoms with van der Waals surface area (Å²) in [4.78, 5) is 0. The topological polar surface area (TPSA) is 18.5 Å². The van der Waals surface area contributed by atoms with Crippen molar-refractivity contribution >= 4 is 0 Å². The van der Waals surface area contributed by atoms with Crippen molar-refractivity contribution in [3.05, 3.63) is 59.2 Å². The van der Waals surface area contributed by atoms with Crippen LogP contribution < -0.4 is 9.47 Å². The van der Waals surface area contributed by atoms with Crippen LogP contribution in [0.5, 0.6) is 11.5 Å². The summed E-state index contributed by atoms with van der Waals surface area (Å²) in [6.07, 6.45) is 1.02. The third kappa shape index (κ3) is 2.51. The Balaban J connectivity index is 1.75. The number of hydrogen-bond acceptors (Lipinski definition) is 2. The normalized spacial score (nSPS) is 17.2. The van der Waals surface area contributed by atoms with Gasteiger partial charge in [0.25, 0.3) is 0 Å². The number of hydrogen-bond donors (Lipinski definition) is 0.